The van der Waals surface area contributed by atoms with Crippen molar-refractivity contribution in [2.75, 3.05) is 5.32 Å². The van der Waals surface area contributed by atoms with Crippen molar-refractivity contribution < 1.29 is 4.42 Å². The molecule has 3 aromatic rings. The van der Waals surface area contributed by atoms with E-state index in [1.165, 1.54) is 31.2 Å². The Morgan fingerprint density at radius 1 is 1.36 bits per heavy atom. The normalized spacial score (nSPS) is 15.7. The summed E-state index contributed by atoms with van der Waals surface area (Å²) in [6, 6.07) is 4.41. The monoisotopic (exact) mass is 296 g/mol. The van der Waals surface area contributed by atoms with Gasteiger partial charge < -0.3 is 14.3 Å². The second-order valence-electron chi connectivity index (χ2n) is 6.02. The fraction of sp³-hybridized carbons (Fsp3) is 0.412. The van der Waals surface area contributed by atoms with Gasteiger partial charge in [-0.3, -0.25) is 0 Å². The van der Waals surface area contributed by atoms with E-state index in [4.69, 9.17) is 9.40 Å². The largest absolute Gasteiger partial charge is 0.467 e. The van der Waals surface area contributed by atoms with E-state index >= 15 is 0 Å². The van der Waals surface area contributed by atoms with Crippen LogP contribution in [0.15, 0.2) is 35.2 Å². The van der Waals surface area contributed by atoms with E-state index in [-0.39, 0.29) is 0 Å². The smallest absolute Gasteiger partial charge is 0.225 e. The average molecular weight is 296 g/mol. The van der Waals surface area contributed by atoms with Gasteiger partial charge in [0.2, 0.25) is 5.95 Å². The lowest BCUT2D eigenvalue weighted by atomic mass is 10.2. The summed E-state index contributed by atoms with van der Waals surface area (Å²) in [6.07, 6.45) is 11.0. The molecular formula is C17H20N4O. The second-order valence-corrected chi connectivity index (χ2v) is 6.02. The van der Waals surface area contributed by atoms with Crippen molar-refractivity contribution in [2.24, 2.45) is 0 Å². The molecule has 0 atom stereocenters. The topological polar surface area (TPSA) is 55.9 Å². The molecule has 1 fully saturated rings. The van der Waals surface area contributed by atoms with Crippen LogP contribution in [-0.4, -0.2) is 14.5 Å². The summed E-state index contributed by atoms with van der Waals surface area (Å²) in [7, 11) is 0. The van der Waals surface area contributed by atoms with Gasteiger partial charge in [-0.25, -0.2) is 4.98 Å². The Hall–Kier alpha value is -2.30. The molecule has 0 amide bonds. The maximum atomic E-state index is 5.33. The van der Waals surface area contributed by atoms with Gasteiger partial charge in [0.05, 0.1) is 12.8 Å². The maximum absolute atomic E-state index is 5.33. The minimum Gasteiger partial charge on any atom is -0.467 e. The highest BCUT2D eigenvalue weighted by molar-refractivity contribution is 5.80. The minimum atomic E-state index is 0.587. The van der Waals surface area contributed by atoms with Crippen LogP contribution in [0.2, 0.25) is 0 Å². The SMILES string of the molecule is Cc1cn(C2CCCC2)c2nc(NCc3ccco3)ncc12. The molecule has 3 aromatic heterocycles. The van der Waals surface area contributed by atoms with Crippen LogP contribution in [0.4, 0.5) is 5.95 Å². The van der Waals surface area contributed by atoms with Crippen LogP contribution >= 0.6 is 0 Å². The van der Waals surface area contributed by atoms with Crippen LogP contribution in [0.5, 0.6) is 0 Å². The highest BCUT2D eigenvalue weighted by Crippen LogP contribution is 2.33. The number of fused-ring (bicyclic) bond motifs is 1. The van der Waals surface area contributed by atoms with Gasteiger partial charge in [0, 0.05) is 23.8 Å². The van der Waals surface area contributed by atoms with Crippen molar-refractivity contribution in [1.82, 2.24) is 14.5 Å². The molecule has 0 bridgehead atoms. The maximum Gasteiger partial charge on any atom is 0.225 e. The Labute approximate surface area is 129 Å². The van der Waals surface area contributed by atoms with Gasteiger partial charge in [-0.05, 0) is 37.5 Å². The standard InChI is InChI=1S/C17H20N4O/c1-12-11-21(13-5-2-3-6-13)16-15(12)10-19-17(20-16)18-9-14-7-4-8-22-14/h4,7-8,10-11,13H,2-3,5-6,9H2,1H3,(H,18,19,20). The first-order valence-corrected chi connectivity index (χ1v) is 7.92. The molecule has 114 valence electrons. The molecule has 3 heterocycles. The van der Waals surface area contributed by atoms with E-state index < -0.39 is 0 Å². The van der Waals surface area contributed by atoms with Gasteiger partial charge in [0.25, 0.3) is 0 Å². The summed E-state index contributed by atoms with van der Waals surface area (Å²) in [5, 5.41) is 4.39. The summed E-state index contributed by atoms with van der Waals surface area (Å²) < 4.78 is 7.67. The molecular weight excluding hydrogens is 276 g/mol. The first-order chi connectivity index (χ1) is 10.8. The minimum absolute atomic E-state index is 0.587. The van der Waals surface area contributed by atoms with Crippen molar-refractivity contribution in [3.05, 3.63) is 42.1 Å². The zero-order valence-electron chi connectivity index (χ0n) is 12.7. The van der Waals surface area contributed by atoms with E-state index in [2.05, 4.69) is 28.0 Å². The molecule has 0 spiro atoms. The molecule has 0 saturated heterocycles. The van der Waals surface area contributed by atoms with Crippen LogP contribution in [0, 0.1) is 6.92 Å². The lowest BCUT2D eigenvalue weighted by molar-refractivity contribution is 0.517. The lowest BCUT2D eigenvalue weighted by Gasteiger charge is -2.13. The van der Waals surface area contributed by atoms with Crippen LogP contribution in [0.1, 0.15) is 43.0 Å². The Balaban J connectivity index is 1.64. The van der Waals surface area contributed by atoms with Crippen molar-refractivity contribution >= 4 is 17.0 Å². The number of anilines is 1. The Morgan fingerprint density at radius 3 is 3.00 bits per heavy atom. The molecule has 0 unspecified atom stereocenters. The first kappa shape index (κ1) is 13.4. The molecule has 0 radical (unpaired) electrons. The van der Waals surface area contributed by atoms with Gasteiger partial charge >= 0.3 is 0 Å². The summed E-state index contributed by atoms with van der Waals surface area (Å²) in [5.41, 5.74) is 2.29. The average Bonchev–Trinajstić information content (AvgIpc) is 3.27. The predicted octanol–water partition coefficient (Wildman–Crippen LogP) is 4.06. The molecule has 4 rings (SSSR count). The Morgan fingerprint density at radius 2 is 2.23 bits per heavy atom. The Bertz CT molecular complexity index is 769. The number of nitrogens with zero attached hydrogens (tertiary/aromatic N) is 3. The molecule has 0 aliphatic heterocycles. The van der Waals surface area contributed by atoms with Crippen molar-refractivity contribution in [3.63, 3.8) is 0 Å². The van der Waals surface area contributed by atoms with Gasteiger partial charge in [0.1, 0.15) is 11.4 Å². The first-order valence-electron chi connectivity index (χ1n) is 7.92. The lowest BCUT2D eigenvalue weighted by Crippen LogP contribution is -2.07. The summed E-state index contributed by atoms with van der Waals surface area (Å²) in [5.74, 6) is 1.53. The van der Waals surface area contributed by atoms with Gasteiger partial charge in [-0.1, -0.05) is 12.8 Å². The van der Waals surface area contributed by atoms with Crippen molar-refractivity contribution in [3.8, 4) is 0 Å². The summed E-state index contributed by atoms with van der Waals surface area (Å²) in [6.45, 7) is 2.73. The summed E-state index contributed by atoms with van der Waals surface area (Å²) >= 11 is 0. The van der Waals surface area contributed by atoms with E-state index in [0.717, 1.165) is 16.8 Å². The highest BCUT2D eigenvalue weighted by atomic mass is 16.3. The van der Waals surface area contributed by atoms with E-state index in [0.29, 0.717) is 18.5 Å². The third-order valence-electron chi connectivity index (χ3n) is 4.49. The zero-order chi connectivity index (χ0) is 14.9. The van der Waals surface area contributed by atoms with Crippen molar-refractivity contribution in [1.29, 1.82) is 0 Å². The number of rotatable bonds is 4. The molecule has 1 aliphatic rings. The third-order valence-corrected chi connectivity index (χ3v) is 4.49. The fourth-order valence-corrected chi connectivity index (χ4v) is 3.31. The summed E-state index contributed by atoms with van der Waals surface area (Å²) in [4.78, 5) is 9.17. The number of hydrogen-bond acceptors (Lipinski definition) is 4. The third kappa shape index (κ3) is 2.36. The molecule has 5 heteroatoms. The van der Waals surface area contributed by atoms with Crippen LogP contribution < -0.4 is 5.32 Å². The molecule has 1 saturated carbocycles. The quantitative estimate of drug-likeness (QED) is 0.788. The van der Waals surface area contributed by atoms with Crippen LogP contribution in [0.3, 0.4) is 0 Å². The molecule has 5 nitrogen and oxygen atoms in total. The number of hydrogen-bond donors (Lipinski definition) is 1. The number of furan rings is 1. The fourth-order valence-electron chi connectivity index (χ4n) is 3.31. The van der Waals surface area contributed by atoms with Gasteiger partial charge in [0.15, 0.2) is 0 Å². The van der Waals surface area contributed by atoms with Crippen molar-refractivity contribution in [2.45, 2.75) is 45.2 Å². The van der Waals surface area contributed by atoms with E-state index in [1.54, 1.807) is 6.26 Å². The number of aryl methyl sites for hydroxylation is 1. The molecule has 1 N–H and O–H groups in total. The van der Waals surface area contributed by atoms with Crippen LogP contribution in [0.25, 0.3) is 11.0 Å². The van der Waals surface area contributed by atoms with Gasteiger partial charge in [-0.15, -0.1) is 0 Å². The van der Waals surface area contributed by atoms with E-state index in [1.807, 2.05) is 18.3 Å². The number of aromatic nitrogens is 3. The van der Waals surface area contributed by atoms with E-state index in [9.17, 15) is 0 Å². The molecule has 22 heavy (non-hydrogen) atoms. The predicted molar refractivity (Wildman–Crippen MR) is 85.8 cm³/mol. The molecule has 0 aromatic carbocycles. The molecule has 1 aliphatic carbocycles. The highest BCUT2D eigenvalue weighted by Gasteiger charge is 2.20. The van der Waals surface area contributed by atoms with Crippen LogP contribution in [-0.2, 0) is 6.54 Å². The second kappa shape index (κ2) is 5.48. The zero-order valence-corrected chi connectivity index (χ0v) is 12.7. The number of nitrogens with one attached hydrogen (secondary N) is 1. The van der Waals surface area contributed by atoms with Gasteiger partial charge in [-0.2, -0.15) is 4.98 Å². The Kier molecular flexibility index (Phi) is 3.33.